The fraction of sp³-hybridized carbons (Fsp3) is 0.0909. The quantitative estimate of drug-likeness (QED) is 0.748. The van der Waals surface area contributed by atoms with Gasteiger partial charge in [-0.15, -0.1) is 11.3 Å². The van der Waals surface area contributed by atoms with Crippen molar-refractivity contribution in [2.24, 2.45) is 0 Å². The van der Waals surface area contributed by atoms with Crippen LogP contribution in [0, 0.1) is 0 Å². The molecule has 3 N–H and O–H groups in total. The monoisotopic (exact) mass is 294 g/mol. The number of hydrogen-bond acceptors (Lipinski definition) is 6. The van der Waals surface area contributed by atoms with Gasteiger partial charge in [-0.3, -0.25) is 0 Å². The fourth-order valence-corrected chi connectivity index (χ4v) is 3.51. The third-order valence-corrected chi connectivity index (χ3v) is 5.53. The van der Waals surface area contributed by atoms with Crippen molar-refractivity contribution < 1.29 is 8.42 Å². The number of nitrogens with two attached hydrogens (primary N) is 1. The Kier molecular flexibility index (Phi) is 2.58. The molecule has 0 saturated carbocycles. The molecular weight excluding hydrogens is 284 g/mol. The summed E-state index contributed by atoms with van der Waals surface area (Å²) in [4.78, 5) is 11.3. The Bertz CT molecular complexity index is 864. The second-order valence-electron chi connectivity index (χ2n) is 4.08. The molecule has 8 heteroatoms. The number of nitrogens with one attached hydrogen (secondary N) is 1. The number of thiazole rings is 1. The highest BCUT2D eigenvalue weighted by atomic mass is 32.2. The first kappa shape index (κ1) is 12.1. The third-order valence-electron chi connectivity index (χ3n) is 2.71. The van der Waals surface area contributed by atoms with Crippen LogP contribution in [-0.4, -0.2) is 29.6 Å². The Morgan fingerprint density at radius 2 is 2.11 bits per heavy atom. The lowest BCUT2D eigenvalue weighted by molar-refractivity contribution is 0.603. The first-order valence-corrected chi connectivity index (χ1v) is 8.05. The van der Waals surface area contributed by atoms with E-state index in [1.54, 1.807) is 12.4 Å². The molecule has 0 bridgehead atoms. The van der Waals surface area contributed by atoms with Gasteiger partial charge in [0.25, 0.3) is 0 Å². The van der Waals surface area contributed by atoms with Crippen LogP contribution in [0.4, 0.5) is 5.69 Å². The van der Waals surface area contributed by atoms with Gasteiger partial charge in [-0.1, -0.05) is 0 Å². The van der Waals surface area contributed by atoms with Gasteiger partial charge in [0.05, 0.1) is 17.4 Å². The molecule has 3 aromatic heterocycles. The average Bonchev–Trinajstić information content (AvgIpc) is 2.96. The Hall–Kier alpha value is -1.93. The van der Waals surface area contributed by atoms with Crippen LogP contribution >= 0.6 is 11.3 Å². The van der Waals surface area contributed by atoms with Gasteiger partial charge in [-0.2, -0.15) is 0 Å². The Morgan fingerprint density at radius 1 is 1.32 bits per heavy atom. The summed E-state index contributed by atoms with van der Waals surface area (Å²) in [5, 5.41) is 1.35. The maximum atomic E-state index is 11.5. The van der Waals surface area contributed by atoms with Crippen LogP contribution < -0.4 is 5.73 Å². The molecule has 3 aromatic rings. The molecule has 0 radical (unpaired) electrons. The largest absolute Gasteiger partial charge is 0.398 e. The summed E-state index contributed by atoms with van der Waals surface area (Å²) in [5.74, 6) is 0. The van der Waals surface area contributed by atoms with Crippen LogP contribution in [0.2, 0.25) is 0 Å². The van der Waals surface area contributed by atoms with Gasteiger partial charge in [0.15, 0.2) is 9.84 Å². The number of hydrogen-bond donors (Lipinski definition) is 2. The molecule has 0 amide bonds. The number of H-pyrrole nitrogens is 1. The van der Waals surface area contributed by atoms with Crippen molar-refractivity contribution in [1.82, 2.24) is 15.0 Å². The summed E-state index contributed by atoms with van der Waals surface area (Å²) in [5.41, 5.74) is 7.95. The van der Waals surface area contributed by atoms with Gasteiger partial charge in [0.2, 0.25) is 0 Å². The molecule has 0 spiro atoms. The topological polar surface area (TPSA) is 102 Å². The molecule has 0 aliphatic heterocycles. The molecule has 0 aliphatic carbocycles. The average molecular weight is 294 g/mol. The number of pyridine rings is 1. The zero-order valence-corrected chi connectivity index (χ0v) is 11.5. The van der Waals surface area contributed by atoms with Gasteiger partial charge in [-0.05, 0) is 6.07 Å². The van der Waals surface area contributed by atoms with E-state index in [4.69, 9.17) is 5.73 Å². The summed E-state index contributed by atoms with van der Waals surface area (Å²) < 4.78 is 23.1. The Labute approximate surface area is 113 Å². The highest BCUT2D eigenvalue weighted by molar-refractivity contribution is 7.92. The van der Waals surface area contributed by atoms with Crippen LogP contribution in [0.1, 0.15) is 0 Å². The molecular formula is C11H10N4O2S2. The molecule has 0 aromatic carbocycles. The van der Waals surface area contributed by atoms with Crippen molar-refractivity contribution in [3.63, 3.8) is 0 Å². The predicted octanol–water partition coefficient (Wildman–Crippen LogP) is 1.67. The second-order valence-corrected chi connectivity index (χ2v) is 7.36. The molecule has 3 heterocycles. The van der Waals surface area contributed by atoms with Crippen LogP contribution in [0.15, 0.2) is 28.9 Å². The van der Waals surface area contributed by atoms with E-state index in [1.165, 1.54) is 6.20 Å². The zero-order valence-electron chi connectivity index (χ0n) is 9.91. The van der Waals surface area contributed by atoms with Crippen LogP contribution in [0.3, 0.4) is 0 Å². The van der Waals surface area contributed by atoms with E-state index in [9.17, 15) is 8.42 Å². The lowest BCUT2D eigenvalue weighted by Crippen LogP contribution is -1.92. The van der Waals surface area contributed by atoms with Crippen molar-refractivity contribution in [3.05, 3.63) is 24.7 Å². The van der Waals surface area contributed by atoms with E-state index in [0.717, 1.165) is 23.0 Å². The summed E-state index contributed by atoms with van der Waals surface area (Å²) in [6.07, 6.45) is 5.85. The van der Waals surface area contributed by atoms with Crippen molar-refractivity contribution in [2.75, 3.05) is 12.0 Å². The first-order chi connectivity index (χ1) is 8.97. The smallest absolute Gasteiger partial charge is 0.186 e. The van der Waals surface area contributed by atoms with Crippen molar-refractivity contribution in [1.29, 1.82) is 0 Å². The fourth-order valence-electron chi connectivity index (χ4n) is 1.75. The molecule has 0 saturated heterocycles. The van der Waals surface area contributed by atoms with E-state index in [2.05, 4.69) is 15.0 Å². The van der Waals surface area contributed by atoms with Gasteiger partial charge < -0.3 is 10.7 Å². The van der Waals surface area contributed by atoms with E-state index in [0.29, 0.717) is 21.9 Å². The molecule has 0 atom stereocenters. The zero-order chi connectivity index (χ0) is 13.6. The van der Waals surface area contributed by atoms with E-state index < -0.39 is 9.84 Å². The minimum atomic E-state index is -3.25. The maximum Gasteiger partial charge on any atom is 0.186 e. The molecule has 3 rings (SSSR count). The van der Waals surface area contributed by atoms with Crippen LogP contribution in [-0.2, 0) is 9.84 Å². The van der Waals surface area contributed by atoms with Gasteiger partial charge in [-0.25, -0.2) is 18.4 Å². The Morgan fingerprint density at radius 3 is 2.79 bits per heavy atom. The highest BCUT2D eigenvalue weighted by Crippen LogP contribution is 2.34. The lowest BCUT2D eigenvalue weighted by Gasteiger charge is -2.02. The SMILES string of the molecule is CS(=O)(=O)c1cnc(-c2cnc3[nH]ccc3c2N)s1. The molecule has 0 aliphatic rings. The van der Waals surface area contributed by atoms with Gasteiger partial charge in [0, 0.05) is 24.0 Å². The first-order valence-electron chi connectivity index (χ1n) is 5.34. The molecule has 6 nitrogen and oxygen atoms in total. The highest BCUT2D eigenvalue weighted by Gasteiger charge is 2.16. The van der Waals surface area contributed by atoms with Crippen LogP contribution in [0.25, 0.3) is 21.6 Å². The minimum Gasteiger partial charge on any atom is -0.398 e. The number of aromatic amines is 1. The number of anilines is 1. The summed E-state index contributed by atoms with van der Waals surface area (Å²) >= 11 is 1.09. The normalized spacial score (nSPS) is 12.1. The Balaban J connectivity index is 2.19. The number of rotatable bonds is 2. The second kappa shape index (κ2) is 4.04. The molecule has 19 heavy (non-hydrogen) atoms. The van der Waals surface area contributed by atoms with Crippen molar-refractivity contribution >= 4 is 37.9 Å². The standard InChI is InChI=1S/C11H10N4O2S2/c1-19(16,17)8-5-15-11(18-8)7-4-14-10-6(9(7)12)2-3-13-10/h2-5H,1H3,(H3,12,13,14). The van der Waals surface area contributed by atoms with E-state index >= 15 is 0 Å². The number of sulfone groups is 1. The molecule has 98 valence electrons. The number of fused-ring (bicyclic) bond motifs is 1. The summed E-state index contributed by atoms with van der Waals surface area (Å²) in [6.45, 7) is 0. The number of nitrogen functional groups attached to an aromatic ring is 1. The van der Waals surface area contributed by atoms with E-state index in [-0.39, 0.29) is 4.21 Å². The van der Waals surface area contributed by atoms with Crippen LogP contribution in [0.5, 0.6) is 0 Å². The summed E-state index contributed by atoms with van der Waals surface area (Å²) in [7, 11) is -3.25. The number of aromatic nitrogens is 3. The minimum absolute atomic E-state index is 0.219. The molecule has 0 fully saturated rings. The summed E-state index contributed by atoms with van der Waals surface area (Å²) in [6, 6.07) is 1.83. The maximum absolute atomic E-state index is 11.5. The third kappa shape index (κ3) is 1.98. The number of nitrogens with zero attached hydrogens (tertiary/aromatic N) is 2. The van der Waals surface area contributed by atoms with Crippen molar-refractivity contribution in [3.8, 4) is 10.6 Å². The van der Waals surface area contributed by atoms with E-state index in [1.807, 2.05) is 6.07 Å². The van der Waals surface area contributed by atoms with Gasteiger partial charge in [0.1, 0.15) is 14.9 Å². The predicted molar refractivity (Wildman–Crippen MR) is 74.7 cm³/mol. The lowest BCUT2D eigenvalue weighted by atomic mass is 10.2. The van der Waals surface area contributed by atoms with Gasteiger partial charge >= 0.3 is 0 Å². The van der Waals surface area contributed by atoms with Crippen molar-refractivity contribution in [2.45, 2.75) is 4.21 Å². The molecule has 0 unspecified atom stereocenters.